The van der Waals surface area contributed by atoms with Crippen LogP contribution in [0.5, 0.6) is 0 Å². The zero-order chi connectivity index (χ0) is 8.48. The third-order valence-corrected chi connectivity index (χ3v) is 6.32. The van der Waals surface area contributed by atoms with Crippen LogP contribution in [-0.4, -0.2) is 22.4 Å². The molecule has 0 aliphatic heterocycles. The molecule has 10 atom stereocenters. The summed E-state index contributed by atoms with van der Waals surface area (Å²) >= 11 is 0. The summed E-state index contributed by atoms with van der Waals surface area (Å²) in [4.78, 5) is 0. The number of aliphatic hydroxyl groups excluding tert-OH is 2. The van der Waals surface area contributed by atoms with E-state index in [1.54, 1.807) is 0 Å². The number of fused-ring (bicyclic) bond motifs is 2. The standard InChI is InChI=1S/C11H14O2/c12-10-6-2-1-3-5-4(2)8(10)9(5)11(13)7(3)6/h2-13H,1H2/t2-,3+,4-,5-,6-,7-,8+,9+,10+,11-/m0/s1. The second-order valence-electron chi connectivity index (χ2n) is 6.01. The lowest BCUT2D eigenvalue weighted by Crippen LogP contribution is -2.51. The Morgan fingerprint density at radius 1 is 0.615 bits per heavy atom. The van der Waals surface area contributed by atoms with E-state index in [9.17, 15) is 10.2 Å². The number of rotatable bonds is 0. The van der Waals surface area contributed by atoms with Crippen LogP contribution >= 0.6 is 0 Å². The summed E-state index contributed by atoms with van der Waals surface area (Å²) in [6.45, 7) is 0. The van der Waals surface area contributed by atoms with Crippen LogP contribution in [0.25, 0.3) is 0 Å². The van der Waals surface area contributed by atoms with Crippen molar-refractivity contribution in [2.45, 2.75) is 18.6 Å². The monoisotopic (exact) mass is 178 g/mol. The molecular weight excluding hydrogens is 164 g/mol. The summed E-state index contributed by atoms with van der Waals surface area (Å²) in [5.74, 6) is 5.33. The zero-order valence-electron chi connectivity index (χ0n) is 7.38. The van der Waals surface area contributed by atoms with E-state index in [2.05, 4.69) is 0 Å². The number of hydrogen-bond acceptors (Lipinski definition) is 2. The molecule has 5 rings (SSSR count). The summed E-state index contributed by atoms with van der Waals surface area (Å²) in [5, 5.41) is 20.2. The Kier molecular flexibility index (Phi) is 0.733. The first-order valence-corrected chi connectivity index (χ1v) is 5.67. The van der Waals surface area contributed by atoms with Crippen LogP contribution in [0.15, 0.2) is 0 Å². The molecule has 13 heavy (non-hydrogen) atoms. The lowest BCUT2D eigenvalue weighted by atomic mass is 9.58. The fourth-order valence-electron chi connectivity index (χ4n) is 6.44. The smallest absolute Gasteiger partial charge is 0.0609 e. The molecule has 0 spiro atoms. The lowest BCUT2D eigenvalue weighted by Gasteiger charge is -2.47. The molecule has 5 aliphatic carbocycles. The van der Waals surface area contributed by atoms with Crippen LogP contribution in [0, 0.1) is 47.3 Å². The number of aliphatic hydroxyl groups is 2. The van der Waals surface area contributed by atoms with Gasteiger partial charge in [-0.3, -0.25) is 0 Å². The molecule has 0 saturated heterocycles. The summed E-state index contributed by atoms with van der Waals surface area (Å²) in [5.41, 5.74) is 0. The molecule has 5 aliphatic rings. The molecule has 2 N–H and O–H groups in total. The third kappa shape index (κ3) is 0.375. The summed E-state index contributed by atoms with van der Waals surface area (Å²) in [7, 11) is 0. The van der Waals surface area contributed by atoms with Crippen LogP contribution in [-0.2, 0) is 0 Å². The van der Waals surface area contributed by atoms with Crippen molar-refractivity contribution in [2.24, 2.45) is 47.3 Å². The van der Waals surface area contributed by atoms with Gasteiger partial charge in [-0.1, -0.05) is 0 Å². The Balaban J connectivity index is 1.83. The Bertz CT molecular complexity index is 281. The van der Waals surface area contributed by atoms with E-state index in [1.165, 1.54) is 6.42 Å². The molecule has 2 bridgehead atoms. The fourth-order valence-corrected chi connectivity index (χ4v) is 6.44. The van der Waals surface area contributed by atoms with E-state index in [1.807, 2.05) is 0 Å². The lowest BCUT2D eigenvalue weighted by molar-refractivity contribution is -0.109. The van der Waals surface area contributed by atoms with Crippen LogP contribution in [0.3, 0.4) is 0 Å². The molecule has 2 nitrogen and oxygen atoms in total. The molecule has 0 amide bonds. The van der Waals surface area contributed by atoms with Crippen LogP contribution in [0.1, 0.15) is 6.42 Å². The predicted octanol–water partition coefficient (Wildman–Crippen LogP) is 0.0959. The van der Waals surface area contributed by atoms with Crippen LogP contribution in [0.4, 0.5) is 0 Å². The Hall–Kier alpha value is -0.0800. The molecule has 0 aromatic carbocycles. The SMILES string of the molecule is O[C@@H]1[C@H]2[C@@H]3[C@H](O)[C@H]4[C@H]5C[C@H]([C@H]2[C@H]53)[C@H]14. The molecule has 0 aromatic rings. The summed E-state index contributed by atoms with van der Waals surface area (Å²) in [6, 6.07) is 0. The highest BCUT2D eigenvalue weighted by Gasteiger charge is 2.83. The average Bonchev–Trinajstić information content (AvgIpc) is 2.52. The Labute approximate surface area is 76.9 Å². The topological polar surface area (TPSA) is 40.5 Å². The summed E-state index contributed by atoms with van der Waals surface area (Å²) in [6.07, 6.45) is 1.28. The molecule has 5 fully saturated rings. The van der Waals surface area contributed by atoms with Gasteiger partial charge in [-0.25, -0.2) is 0 Å². The highest BCUT2D eigenvalue weighted by Crippen LogP contribution is 2.82. The van der Waals surface area contributed by atoms with Crippen molar-refractivity contribution in [3.8, 4) is 0 Å². The second-order valence-corrected chi connectivity index (χ2v) is 6.01. The highest BCUT2D eigenvalue weighted by atomic mass is 16.3. The van der Waals surface area contributed by atoms with E-state index in [0.29, 0.717) is 23.7 Å². The molecule has 70 valence electrons. The van der Waals surface area contributed by atoms with Crippen molar-refractivity contribution in [3.63, 3.8) is 0 Å². The van der Waals surface area contributed by atoms with E-state index in [4.69, 9.17) is 0 Å². The first-order chi connectivity index (χ1) is 6.30. The minimum atomic E-state index is -0.0304. The van der Waals surface area contributed by atoms with Crippen molar-refractivity contribution in [1.82, 2.24) is 0 Å². The zero-order valence-corrected chi connectivity index (χ0v) is 7.38. The largest absolute Gasteiger partial charge is 0.393 e. The van der Waals surface area contributed by atoms with Gasteiger partial charge < -0.3 is 10.2 Å². The average molecular weight is 178 g/mol. The van der Waals surface area contributed by atoms with Crippen LogP contribution < -0.4 is 0 Å². The maximum Gasteiger partial charge on any atom is 0.0609 e. The quantitative estimate of drug-likeness (QED) is 0.552. The first-order valence-electron chi connectivity index (χ1n) is 5.67. The number of hydrogen-bond donors (Lipinski definition) is 2. The predicted molar refractivity (Wildman–Crippen MR) is 44.6 cm³/mol. The maximum atomic E-state index is 10.1. The van der Waals surface area contributed by atoms with Gasteiger partial charge in [0.05, 0.1) is 12.2 Å². The van der Waals surface area contributed by atoms with Gasteiger partial charge in [0.2, 0.25) is 0 Å². The third-order valence-electron chi connectivity index (χ3n) is 6.32. The molecule has 0 aromatic heterocycles. The van der Waals surface area contributed by atoms with Gasteiger partial charge >= 0.3 is 0 Å². The van der Waals surface area contributed by atoms with Gasteiger partial charge in [-0.2, -0.15) is 0 Å². The Morgan fingerprint density at radius 2 is 1.08 bits per heavy atom. The van der Waals surface area contributed by atoms with Gasteiger partial charge in [0, 0.05) is 0 Å². The van der Waals surface area contributed by atoms with E-state index in [-0.39, 0.29) is 12.2 Å². The fraction of sp³-hybridized carbons (Fsp3) is 1.00. The molecule has 2 heteroatoms. The highest BCUT2D eigenvalue weighted by molar-refractivity contribution is 5.30. The van der Waals surface area contributed by atoms with Gasteiger partial charge in [0.1, 0.15) is 0 Å². The van der Waals surface area contributed by atoms with E-state index in [0.717, 1.165) is 23.7 Å². The molecule has 0 radical (unpaired) electrons. The van der Waals surface area contributed by atoms with Crippen molar-refractivity contribution in [2.75, 3.05) is 0 Å². The summed E-state index contributed by atoms with van der Waals surface area (Å²) < 4.78 is 0. The first kappa shape index (κ1) is 6.41. The molecule has 5 saturated carbocycles. The van der Waals surface area contributed by atoms with Crippen LogP contribution in [0.2, 0.25) is 0 Å². The van der Waals surface area contributed by atoms with Crippen molar-refractivity contribution in [1.29, 1.82) is 0 Å². The normalized spacial score (nSPS) is 85.4. The van der Waals surface area contributed by atoms with Gasteiger partial charge in [-0.15, -0.1) is 0 Å². The van der Waals surface area contributed by atoms with Gasteiger partial charge in [0.15, 0.2) is 0 Å². The molecule has 0 unspecified atom stereocenters. The van der Waals surface area contributed by atoms with Crippen molar-refractivity contribution >= 4 is 0 Å². The minimum Gasteiger partial charge on any atom is -0.393 e. The molecule has 0 heterocycles. The van der Waals surface area contributed by atoms with Crippen molar-refractivity contribution in [3.05, 3.63) is 0 Å². The second kappa shape index (κ2) is 1.49. The molecular formula is C11H14O2. The van der Waals surface area contributed by atoms with Crippen molar-refractivity contribution < 1.29 is 10.2 Å². The maximum absolute atomic E-state index is 10.1. The van der Waals surface area contributed by atoms with Gasteiger partial charge in [0.25, 0.3) is 0 Å². The van der Waals surface area contributed by atoms with Gasteiger partial charge in [-0.05, 0) is 53.8 Å². The minimum absolute atomic E-state index is 0.0304. The van der Waals surface area contributed by atoms with E-state index < -0.39 is 0 Å². The Morgan fingerprint density at radius 3 is 1.54 bits per heavy atom. The van der Waals surface area contributed by atoms with E-state index >= 15 is 0 Å².